The molecule has 4 nitrogen and oxygen atoms in total. The fourth-order valence-corrected chi connectivity index (χ4v) is 1.51. The Hall–Kier alpha value is -1.55. The second kappa shape index (κ2) is 4.85. The smallest absolute Gasteiger partial charge is 0.231 e. The van der Waals surface area contributed by atoms with Crippen LogP contribution in [0.25, 0.3) is 0 Å². The molecule has 0 unspecified atom stereocenters. The van der Waals surface area contributed by atoms with Gasteiger partial charge in [-0.2, -0.15) is 0 Å². The number of anilines is 1. The van der Waals surface area contributed by atoms with Crippen LogP contribution >= 0.6 is 0 Å². The lowest BCUT2D eigenvalue weighted by Crippen LogP contribution is -2.53. The maximum Gasteiger partial charge on any atom is 0.231 e. The number of nitrogens with one attached hydrogen (secondary N) is 1. The Morgan fingerprint density at radius 1 is 1.16 bits per heavy atom. The van der Waals surface area contributed by atoms with Gasteiger partial charge in [0, 0.05) is 11.2 Å². The summed E-state index contributed by atoms with van der Waals surface area (Å²) in [6, 6.07) is 3.41. The van der Waals surface area contributed by atoms with E-state index in [-0.39, 0.29) is 11.7 Å². The Morgan fingerprint density at radius 2 is 1.68 bits per heavy atom. The highest BCUT2D eigenvalue weighted by Crippen LogP contribution is 2.31. The largest absolute Gasteiger partial charge is 0.508 e. The highest BCUT2D eigenvalue weighted by Gasteiger charge is 2.40. The molecule has 0 bridgehead atoms. The van der Waals surface area contributed by atoms with Gasteiger partial charge in [0.1, 0.15) is 5.75 Å². The van der Waals surface area contributed by atoms with Crippen LogP contribution in [0.5, 0.6) is 5.75 Å². The van der Waals surface area contributed by atoms with Crippen LogP contribution in [0.1, 0.15) is 38.8 Å². The first-order chi connectivity index (χ1) is 8.46. The summed E-state index contributed by atoms with van der Waals surface area (Å²) in [5.41, 5.74) is 6.98. The Morgan fingerprint density at radius 3 is 2.16 bits per heavy atom. The van der Waals surface area contributed by atoms with Gasteiger partial charge in [0.2, 0.25) is 5.91 Å². The second-order valence-electron chi connectivity index (χ2n) is 6.25. The number of hydrogen-bond acceptors (Lipinski definition) is 3. The molecular weight excluding hydrogens is 240 g/mol. The number of carbonyl (C=O) groups is 1. The summed E-state index contributed by atoms with van der Waals surface area (Å²) < 4.78 is 0. The van der Waals surface area contributed by atoms with Crippen molar-refractivity contribution in [3.05, 3.63) is 23.3 Å². The molecule has 1 rings (SSSR count). The molecule has 0 spiro atoms. The monoisotopic (exact) mass is 264 g/mol. The van der Waals surface area contributed by atoms with E-state index in [0.717, 1.165) is 11.1 Å². The van der Waals surface area contributed by atoms with Crippen LogP contribution in [0.2, 0.25) is 0 Å². The van der Waals surface area contributed by atoms with Crippen LogP contribution < -0.4 is 11.1 Å². The number of carbonyl (C=O) groups excluding carboxylic acids is 1. The third-order valence-corrected chi connectivity index (χ3v) is 3.97. The minimum Gasteiger partial charge on any atom is -0.508 e. The molecule has 1 aromatic rings. The molecule has 0 saturated carbocycles. The zero-order valence-electron chi connectivity index (χ0n) is 12.6. The standard InChI is InChI=1S/C15H24N2O2/c1-9-8-12(18)10(2)7-11(9)17-13(19)14(3,4)15(5,6)16/h7-8,18H,16H2,1-6H3,(H,17,19). The molecule has 0 aromatic heterocycles. The van der Waals surface area contributed by atoms with E-state index < -0.39 is 11.0 Å². The van der Waals surface area contributed by atoms with Crippen molar-refractivity contribution >= 4 is 11.6 Å². The van der Waals surface area contributed by atoms with Crippen LogP contribution in [0.15, 0.2) is 12.1 Å². The predicted molar refractivity (Wildman–Crippen MR) is 78.3 cm³/mol. The third-order valence-electron chi connectivity index (χ3n) is 3.97. The highest BCUT2D eigenvalue weighted by atomic mass is 16.3. The first-order valence-corrected chi connectivity index (χ1v) is 6.37. The van der Waals surface area contributed by atoms with Crippen LogP contribution in [-0.2, 0) is 4.79 Å². The number of hydrogen-bond donors (Lipinski definition) is 3. The Labute approximate surface area is 115 Å². The lowest BCUT2D eigenvalue weighted by Gasteiger charge is -2.37. The average Bonchev–Trinajstić information content (AvgIpc) is 2.24. The van der Waals surface area contributed by atoms with Crippen LogP contribution in [-0.4, -0.2) is 16.6 Å². The van der Waals surface area contributed by atoms with Crippen LogP contribution in [0.4, 0.5) is 5.69 Å². The highest BCUT2D eigenvalue weighted by molar-refractivity contribution is 5.96. The van der Waals surface area contributed by atoms with Crippen LogP contribution in [0.3, 0.4) is 0 Å². The molecule has 4 N–H and O–H groups in total. The molecule has 0 saturated heterocycles. The van der Waals surface area contributed by atoms with E-state index in [1.165, 1.54) is 0 Å². The molecule has 0 heterocycles. The van der Waals surface area contributed by atoms with Crippen LogP contribution in [0, 0.1) is 19.3 Å². The van der Waals surface area contributed by atoms with Crippen molar-refractivity contribution in [1.82, 2.24) is 0 Å². The number of nitrogens with two attached hydrogens (primary N) is 1. The predicted octanol–water partition coefficient (Wildman–Crippen LogP) is 2.71. The topological polar surface area (TPSA) is 75.4 Å². The zero-order valence-corrected chi connectivity index (χ0v) is 12.6. The van der Waals surface area contributed by atoms with Crippen molar-refractivity contribution in [2.24, 2.45) is 11.1 Å². The summed E-state index contributed by atoms with van der Waals surface area (Å²) in [5, 5.41) is 12.5. The molecular formula is C15H24N2O2. The first-order valence-electron chi connectivity index (χ1n) is 6.37. The SMILES string of the molecule is Cc1cc(NC(=O)C(C)(C)C(C)(C)N)c(C)cc1O. The molecule has 0 aliphatic heterocycles. The number of rotatable bonds is 3. The minimum atomic E-state index is -0.703. The van der Waals surface area contributed by atoms with Gasteiger partial charge in [-0.1, -0.05) is 0 Å². The van der Waals surface area contributed by atoms with Crippen molar-refractivity contribution in [3.8, 4) is 5.75 Å². The van der Waals surface area contributed by atoms with E-state index in [0.29, 0.717) is 5.69 Å². The molecule has 0 fully saturated rings. The number of aryl methyl sites for hydroxylation is 2. The second-order valence-corrected chi connectivity index (χ2v) is 6.25. The van der Waals surface area contributed by atoms with Gasteiger partial charge in [0.25, 0.3) is 0 Å². The van der Waals surface area contributed by atoms with Gasteiger partial charge >= 0.3 is 0 Å². The molecule has 0 aliphatic carbocycles. The van der Waals surface area contributed by atoms with Gasteiger partial charge in [-0.25, -0.2) is 0 Å². The summed E-state index contributed by atoms with van der Waals surface area (Å²) in [5.74, 6) is 0.0992. The maximum atomic E-state index is 12.4. The van der Waals surface area contributed by atoms with Crippen molar-refractivity contribution in [3.63, 3.8) is 0 Å². The summed E-state index contributed by atoms with van der Waals surface area (Å²) in [6.07, 6.45) is 0. The van der Waals surface area contributed by atoms with Gasteiger partial charge in [-0.15, -0.1) is 0 Å². The molecule has 1 amide bonds. The minimum absolute atomic E-state index is 0.131. The van der Waals surface area contributed by atoms with Crippen molar-refractivity contribution in [1.29, 1.82) is 0 Å². The van der Waals surface area contributed by atoms with E-state index in [4.69, 9.17) is 5.73 Å². The van der Waals surface area contributed by atoms with Gasteiger partial charge in [-0.05, 0) is 64.8 Å². The number of phenols is 1. The van der Waals surface area contributed by atoms with Crippen molar-refractivity contribution < 1.29 is 9.90 Å². The maximum absolute atomic E-state index is 12.4. The Bertz CT molecular complexity index is 500. The van der Waals surface area contributed by atoms with Gasteiger partial charge in [0.05, 0.1) is 5.41 Å². The van der Waals surface area contributed by atoms with E-state index in [1.54, 1.807) is 19.1 Å². The van der Waals surface area contributed by atoms with Gasteiger partial charge < -0.3 is 16.2 Å². The summed E-state index contributed by atoms with van der Waals surface area (Å²) in [6.45, 7) is 11.0. The molecule has 106 valence electrons. The van der Waals surface area contributed by atoms with E-state index in [2.05, 4.69) is 5.32 Å². The first kappa shape index (κ1) is 15.5. The number of benzene rings is 1. The molecule has 1 aromatic carbocycles. The summed E-state index contributed by atoms with van der Waals surface area (Å²) in [4.78, 5) is 12.4. The fraction of sp³-hybridized carbons (Fsp3) is 0.533. The van der Waals surface area contributed by atoms with E-state index >= 15 is 0 Å². The molecule has 0 radical (unpaired) electrons. The van der Waals surface area contributed by atoms with E-state index in [9.17, 15) is 9.90 Å². The molecule has 4 heteroatoms. The van der Waals surface area contributed by atoms with Gasteiger partial charge in [0.15, 0.2) is 0 Å². The van der Waals surface area contributed by atoms with E-state index in [1.807, 2.05) is 34.6 Å². The zero-order chi connectivity index (χ0) is 15.0. The molecule has 19 heavy (non-hydrogen) atoms. The average molecular weight is 264 g/mol. The van der Waals surface area contributed by atoms with Crippen molar-refractivity contribution in [2.75, 3.05) is 5.32 Å². The lowest BCUT2D eigenvalue weighted by atomic mass is 9.74. The summed E-state index contributed by atoms with van der Waals surface area (Å²) in [7, 11) is 0. The fourth-order valence-electron chi connectivity index (χ4n) is 1.51. The lowest BCUT2D eigenvalue weighted by molar-refractivity contribution is -0.126. The molecule has 0 aliphatic rings. The summed E-state index contributed by atoms with van der Waals surface area (Å²) >= 11 is 0. The normalized spacial score (nSPS) is 12.4. The Kier molecular flexibility index (Phi) is 3.96. The number of phenolic OH excluding ortho intramolecular Hbond substituents is 1. The number of aromatic hydroxyl groups is 1. The van der Waals surface area contributed by atoms with Crippen molar-refractivity contribution in [2.45, 2.75) is 47.1 Å². The molecule has 0 atom stereocenters. The third kappa shape index (κ3) is 3.07. The number of amides is 1. The Balaban J connectivity index is 3.05. The van der Waals surface area contributed by atoms with Gasteiger partial charge in [-0.3, -0.25) is 4.79 Å². The quantitative estimate of drug-likeness (QED) is 0.735.